The molecule has 0 aliphatic carbocycles. The Morgan fingerprint density at radius 2 is 1.45 bits per heavy atom. The molecule has 1 aliphatic rings. The molecule has 10 heteroatoms. The molecule has 1 aliphatic heterocycles. The highest BCUT2D eigenvalue weighted by Crippen LogP contribution is 2.43. The van der Waals surface area contributed by atoms with Crippen molar-refractivity contribution in [2.75, 3.05) is 21.3 Å². The van der Waals surface area contributed by atoms with Crippen LogP contribution in [0.5, 0.6) is 0 Å². The van der Waals surface area contributed by atoms with Gasteiger partial charge in [-0.1, -0.05) is 17.7 Å². The lowest BCUT2D eigenvalue weighted by atomic mass is 9.80. The number of carbonyl (C=O) groups excluding carboxylic acids is 3. The van der Waals surface area contributed by atoms with Gasteiger partial charge in [0.25, 0.3) is 0 Å². The van der Waals surface area contributed by atoms with E-state index in [1.54, 1.807) is 39.8 Å². The number of furan rings is 1. The maximum absolute atomic E-state index is 12.9. The first kappa shape index (κ1) is 26.9. The molecular weight excluding hydrogens is 512 g/mol. The molecule has 0 fully saturated rings. The molecule has 0 radical (unpaired) electrons. The summed E-state index contributed by atoms with van der Waals surface area (Å²) in [6.07, 6.45) is 0. The third-order valence-corrected chi connectivity index (χ3v) is 6.92. The van der Waals surface area contributed by atoms with Crippen molar-refractivity contribution in [3.05, 3.63) is 74.6 Å². The number of hydrogen-bond acceptors (Lipinski definition) is 9. The van der Waals surface area contributed by atoms with Crippen LogP contribution in [0.1, 0.15) is 47.2 Å². The molecule has 9 nitrogen and oxygen atoms in total. The number of dihydropyridines is 1. The van der Waals surface area contributed by atoms with E-state index < -0.39 is 23.8 Å². The highest BCUT2D eigenvalue weighted by atomic mass is 35.5. The number of halogens is 1. The maximum Gasteiger partial charge on any atom is 0.342 e. The summed E-state index contributed by atoms with van der Waals surface area (Å²) in [4.78, 5) is 42.9. The monoisotopic (exact) mass is 538 g/mol. The Kier molecular flexibility index (Phi) is 7.33. The van der Waals surface area contributed by atoms with Crippen LogP contribution in [-0.2, 0) is 23.8 Å². The first-order chi connectivity index (χ1) is 18.0. The van der Waals surface area contributed by atoms with Gasteiger partial charge in [-0.2, -0.15) is 0 Å². The van der Waals surface area contributed by atoms with Crippen LogP contribution in [0, 0.1) is 13.8 Å². The van der Waals surface area contributed by atoms with Gasteiger partial charge < -0.3 is 23.9 Å². The van der Waals surface area contributed by atoms with Crippen LogP contribution in [0.15, 0.2) is 51.2 Å². The maximum atomic E-state index is 12.9. The van der Waals surface area contributed by atoms with Crippen molar-refractivity contribution >= 4 is 40.4 Å². The zero-order valence-corrected chi connectivity index (χ0v) is 22.8. The highest BCUT2D eigenvalue weighted by molar-refractivity contribution is 6.31. The fourth-order valence-electron chi connectivity index (χ4n) is 4.97. The van der Waals surface area contributed by atoms with E-state index in [0.29, 0.717) is 56.1 Å². The highest BCUT2D eigenvalue weighted by Gasteiger charge is 2.39. The van der Waals surface area contributed by atoms with Gasteiger partial charge >= 0.3 is 17.9 Å². The molecule has 0 unspecified atom stereocenters. The van der Waals surface area contributed by atoms with Crippen LogP contribution in [0.25, 0.3) is 22.0 Å². The number of aromatic nitrogens is 1. The van der Waals surface area contributed by atoms with E-state index in [1.807, 2.05) is 12.1 Å². The first-order valence-electron chi connectivity index (χ1n) is 11.7. The van der Waals surface area contributed by atoms with Crippen LogP contribution < -0.4 is 5.32 Å². The fourth-order valence-corrected chi connectivity index (χ4v) is 5.23. The van der Waals surface area contributed by atoms with Crippen LogP contribution in [0.2, 0.25) is 5.15 Å². The number of benzene rings is 1. The van der Waals surface area contributed by atoms with Gasteiger partial charge in [-0.05, 0) is 51.5 Å². The van der Waals surface area contributed by atoms with Crippen molar-refractivity contribution in [1.82, 2.24) is 10.3 Å². The molecule has 3 heterocycles. The predicted octanol–water partition coefficient (Wildman–Crippen LogP) is 5.13. The van der Waals surface area contributed by atoms with Crippen LogP contribution in [0.3, 0.4) is 0 Å². The second-order valence-electron chi connectivity index (χ2n) is 8.85. The third kappa shape index (κ3) is 4.43. The lowest BCUT2D eigenvalue weighted by Crippen LogP contribution is -2.32. The number of hydrogen-bond donors (Lipinski definition) is 1. The van der Waals surface area contributed by atoms with Gasteiger partial charge in [0.1, 0.15) is 22.2 Å². The normalized spacial score (nSPS) is 14.0. The van der Waals surface area contributed by atoms with E-state index in [4.69, 9.17) is 30.2 Å². The predicted molar refractivity (Wildman–Crippen MR) is 141 cm³/mol. The minimum atomic E-state index is -0.896. The van der Waals surface area contributed by atoms with E-state index in [2.05, 4.69) is 10.3 Å². The number of pyridine rings is 1. The number of esters is 3. The van der Waals surface area contributed by atoms with E-state index in [9.17, 15) is 14.4 Å². The summed E-state index contributed by atoms with van der Waals surface area (Å²) in [7, 11) is 3.85. The summed E-state index contributed by atoms with van der Waals surface area (Å²) in [6.45, 7) is 6.91. The van der Waals surface area contributed by atoms with Crippen molar-refractivity contribution in [2.45, 2.75) is 33.6 Å². The lowest BCUT2D eigenvalue weighted by molar-refractivity contribution is -0.137. The van der Waals surface area contributed by atoms with Gasteiger partial charge in [0.05, 0.1) is 43.9 Å². The van der Waals surface area contributed by atoms with Gasteiger partial charge in [-0.3, -0.25) is 0 Å². The van der Waals surface area contributed by atoms with Crippen molar-refractivity contribution in [3.63, 3.8) is 0 Å². The van der Waals surface area contributed by atoms with Crippen molar-refractivity contribution in [2.24, 2.45) is 0 Å². The summed E-state index contributed by atoms with van der Waals surface area (Å²) in [5.41, 5.74) is 4.11. The van der Waals surface area contributed by atoms with E-state index in [0.717, 1.165) is 0 Å². The summed E-state index contributed by atoms with van der Waals surface area (Å²) in [5, 5.41) is 3.85. The number of nitrogens with zero attached hydrogens (tertiary/aromatic N) is 1. The summed E-state index contributed by atoms with van der Waals surface area (Å²) in [6, 6.07) is 7.20. The quantitative estimate of drug-likeness (QED) is 0.268. The molecule has 0 amide bonds. The first-order valence-corrected chi connectivity index (χ1v) is 12.1. The Balaban J connectivity index is 1.98. The average Bonchev–Trinajstić information content (AvgIpc) is 3.19. The van der Waals surface area contributed by atoms with Crippen molar-refractivity contribution < 1.29 is 33.0 Å². The Morgan fingerprint density at radius 1 is 0.868 bits per heavy atom. The van der Waals surface area contributed by atoms with E-state index >= 15 is 0 Å². The number of nitrogens with one attached hydrogen (secondary N) is 1. The van der Waals surface area contributed by atoms with Crippen LogP contribution >= 0.6 is 11.6 Å². The lowest BCUT2D eigenvalue weighted by Gasteiger charge is -2.30. The molecule has 0 saturated carbocycles. The SMILES string of the molecule is COC(=O)C1=C(C)NC(C)=C(C(=O)OC)C1c1cc2cc(-c3c(C)oc(C)c3C(=O)OC)ccc2nc1Cl. The topological polar surface area (TPSA) is 117 Å². The standard InChI is InChI=1S/C28H27ClN2O7/c1-12-20(26(32)35-5)24(21(13(2)30-12)27(33)36-6)18-11-17-10-16(8-9-19(17)31-25(18)29)22-14(3)38-15(4)23(22)28(34)37-7/h8-11,24,30H,1-7H3. The number of methoxy groups -OCH3 is 3. The molecule has 1 aromatic carbocycles. The number of fused-ring (bicyclic) bond motifs is 1. The summed E-state index contributed by atoms with van der Waals surface area (Å²) < 4.78 is 20.8. The number of rotatable bonds is 5. The van der Waals surface area contributed by atoms with Crippen molar-refractivity contribution in [3.8, 4) is 11.1 Å². The molecular formula is C28H27ClN2O7. The molecule has 1 N–H and O–H groups in total. The zero-order valence-electron chi connectivity index (χ0n) is 22.1. The molecule has 38 heavy (non-hydrogen) atoms. The van der Waals surface area contributed by atoms with E-state index in [1.165, 1.54) is 21.3 Å². The Labute approximate surface area is 224 Å². The molecule has 0 atom stereocenters. The Bertz CT molecular complexity index is 1530. The van der Waals surface area contributed by atoms with Gasteiger partial charge in [-0.15, -0.1) is 0 Å². The second-order valence-corrected chi connectivity index (χ2v) is 9.21. The number of carbonyl (C=O) groups is 3. The summed E-state index contributed by atoms with van der Waals surface area (Å²) >= 11 is 6.67. The smallest absolute Gasteiger partial charge is 0.342 e. The zero-order chi connectivity index (χ0) is 27.9. The number of aryl methyl sites for hydroxylation is 2. The molecule has 4 rings (SSSR count). The number of allylic oxidation sites excluding steroid dienone is 2. The molecule has 198 valence electrons. The molecule has 0 bridgehead atoms. The minimum absolute atomic E-state index is 0.117. The van der Waals surface area contributed by atoms with Crippen LogP contribution in [0.4, 0.5) is 0 Å². The number of ether oxygens (including phenoxy) is 3. The third-order valence-electron chi connectivity index (χ3n) is 6.62. The van der Waals surface area contributed by atoms with Gasteiger partial charge in [0.15, 0.2) is 0 Å². The van der Waals surface area contributed by atoms with Crippen LogP contribution in [-0.4, -0.2) is 44.2 Å². The van der Waals surface area contributed by atoms with E-state index in [-0.39, 0.29) is 16.3 Å². The molecule has 0 spiro atoms. The average molecular weight is 539 g/mol. The molecule has 3 aromatic rings. The Morgan fingerprint density at radius 3 is 2.00 bits per heavy atom. The van der Waals surface area contributed by atoms with Gasteiger partial charge in [0.2, 0.25) is 0 Å². The fraction of sp³-hybridized carbons (Fsp3) is 0.286. The second kappa shape index (κ2) is 10.3. The van der Waals surface area contributed by atoms with Gasteiger partial charge in [-0.25, -0.2) is 19.4 Å². The molecule has 0 saturated heterocycles. The molecule has 2 aromatic heterocycles. The summed E-state index contributed by atoms with van der Waals surface area (Å²) in [5.74, 6) is -1.64. The van der Waals surface area contributed by atoms with Crippen molar-refractivity contribution in [1.29, 1.82) is 0 Å². The minimum Gasteiger partial charge on any atom is -0.466 e. The largest absolute Gasteiger partial charge is 0.466 e. The van der Waals surface area contributed by atoms with Gasteiger partial charge in [0, 0.05) is 27.9 Å². The Hall–Kier alpha value is -4.11.